The predicted molar refractivity (Wildman–Crippen MR) is 78.8 cm³/mol. The van der Waals surface area contributed by atoms with E-state index in [1.807, 2.05) is 0 Å². The summed E-state index contributed by atoms with van der Waals surface area (Å²) in [6.45, 7) is 14.5. The van der Waals surface area contributed by atoms with Crippen molar-refractivity contribution in [2.75, 3.05) is 6.61 Å². The Kier molecular flexibility index (Phi) is 7.65. The van der Waals surface area contributed by atoms with Crippen molar-refractivity contribution >= 4 is 5.97 Å². The number of esters is 1. The lowest BCUT2D eigenvalue weighted by Crippen LogP contribution is -2.34. The number of carbonyl (C=O) groups is 1. The second kappa shape index (κ2) is 7.88. The Morgan fingerprint density at radius 2 is 1.74 bits per heavy atom. The van der Waals surface area contributed by atoms with Gasteiger partial charge in [-0.25, -0.2) is 0 Å². The molecule has 0 heterocycles. The highest BCUT2D eigenvalue weighted by molar-refractivity contribution is 5.71. The average molecular weight is 272 g/mol. The van der Waals surface area contributed by atoms with Crippen LogP contribution in [0.3, 0.4) is 0 Å². The van der Waals surface area contributed by atoms with Gasteiger partial charge in [-0.3, -0.25) is 4.79 Å². The molecular weight excluding hydrogens is 240 g/mol. The minimum atomic E-state index is -0.575. The van der Waals surface area contributed by atoms with Gasteiger partial charge >= 0.3 is 5.97 Å². The fraction of sp³-hybridized carbons (Fsp3) is 0.938. The lowest BCUT2D eigenvalue weighted by atomic mass is 9.74. The van der Waals surface area contributed by atoms with Crippen molar-refractivity contribution in [1.29, 1.82) is 0 Å². The Labute approximate surface area is 118 Å². The van der Waals surface area contributed by atoms with Gasteiger partial charge in [-0.1, -0.05) is 54.9 Å². The first-order valence-electron chi connectivity index (χ1n) is 7.45. The smallest absolute Gasteiger partial charge is 0.308 e. The van der Waals surface area contributed by atoms with E-state index in [0.29, 0.717) is 5.92 Å². The Balaban J connectivity index is 4.50. The molecule has 0 spiro atoms. The maximum absolute atomic E-state index is 11.4. The summed E-state index contributed by atoms with van der Waals surface area (Å²) >= 11 is 0. The summed E-state index contributed by atoms with van der Waals surface area (Å²) in [5.41, 5.74) is 0.206. The van der Waals surface area contributed by atoms with Crippen molar-refractivity contribution < 1.29 is 14.6 Å². The van der Waals surface area contributed by atoms with Gasteiger partial charge in [0.15, 0.2) is 0 Å². The normalized spacial score (nSPS) is 15.7. The second-order valence-electron chi connectivity index (χ2n) is 6.98. The summed E-state index contributed by atoms with van der Waals surface area (Å²) in [6.07, 6.45) is 1.45. The molecule has 19 heavy (non-hydrogen) atoms. The van der Waals surface area contributed by atoms with E-state index >= 15 is 0 Å². The van der Waals surface area contributed by atoms with Gasteiger partial charge in [0.05, 0.1) is 12.0 Å². The van der Waals surface area contributed by atoms with E-state index in [2.05, 4.69) is 34.6 Å². The molecule has 0 aromatic rings. The molecule has 3 heteroatoms. The predicted octanol–water partition coefficient (Wildman–Crippen LogP) is 3.65. The minimum absolute atomic E-state index is 0.111. The third kappa shape index (κ3) is 6.95. The number of hydrogen-bond acceptors (Lipinski definition) is 3. The summed E-state index contributed by atoms with van der Waals surface area (Å²) in [5, 5.41) is 10.3. The van der Waals surface area contributed by atoms with E-state index in [1.165, 1.54) is 0 Å². The van der Waals surface area contributed by atoms with Crippen LogP contribution in [0.2, 0.25) is 0 Å². The average Bonchev–Trinajstić information content (AvgIpc) is 2.32. The number of carbonyl (C=O) groups excluding carboxylic acids is 1. The van der Waals surface area contributed by atoms with Crippen LogP contribution in [0.25, 0.3) is 0 Å². The molecule has 0 bridgehead atoms. The largest absolute Gasteiger partial charge is 0.463 e. The number of aliphatic hydroxyl groups is 1. The molecule has 0 saturated heterocycles. The Hall–Kier alpha value is -0.570. The third-order valence-electron chi connectivity index (χ3n) is 3.96. The van der Waals surface area contributed by atoms with Crippen LogP contribution in [-0.4, -0.2) is 23.8 Å². The van der Waals surface area contributed by atoms with Crippen LogP contribution in [-0.2, 0) is 9.53 Å². The van der Waals surface area contributed by atoms with Gasteiger partial charge in [0.1, 0.15) is 6.61 Å². The second-order valence-corrected chi connectivity index (χ2v) is 6.98. The molecule has 3 nitrogen and oxygen atoms in total. The first-order valence-corrected chi connectivity index (χ1v) is 7.45. The molecule has 2 atom stereocenters. The van der Waals surface area contributed by atoms with Crippen LogP contribution >= 0.6 is 0 Å². The van der Waals surface area contributed by atoms with Crippen LogP contribution in [0.15, 0.2) is 0 Å². The van der Waals surface area contributed by atoms with Gasteiger partial charge in [0, 0.05) is 0 Å². The van der Waals surface area contributed by atoms with Crippen molar-refractivity contribution in [3.63, 3.8) is 0 Å². The number of rotatable bonds is 8. The van der Waals surface area contributed by atoms with Gasteiger partial charge < -0.3 is 9.84 Å². The molecule has 114 valence electrons. The fourth-order valence-corrected chi connectivity index (χ4v) is 2.06. The van der Waals surface area contributed by atoms with E-state index in [0.717, 1.165) is 12.8 Å². The zero-order chi connectivity index (χ0) is 15.2. The molecule has 0 aromatic heterocycles. The monoisotopic (exact) mass is 272 g/mol. The standard InChI is InChI=1S/C16H32O3/c1-8-16(6,7)9-13(11(2)3)14(17)10-19-15(18)12(4)5/h11-14,17H,8-10H2,1-7H3. The lowest BCUT2D eigenvalue weighted by Gasteiger charge is -2.34. The molecule has 2 unspecified atom stereocenters. The van der Waals surface area contributed by atoms with Crippen LogP contribution < -0.4 is 0 Å². The zero-order valence-electron chi connectivity index (χ0n) is 13.7. The molecule has 0 aromatic carbocycles. The summed E-state index contributed by atoms with van der Waals surface area (Å²) in [4.78, 5) is 11.4. The molecule has 0 rings (SSSR count). The molecule has 0 saturated carbocycles. The summed E-state index contributed by atoms with van der Waals surface area (Å²) in [7, 11) is 0. The van der Waals surface area contributed by atoms with Crippen molar-refractivity contribution in [3.8, 4) is 0 Å². The van der Waals surface area contributed by atoms with Gasteiger partial charge in [-0.2, -0.15) is 0 Å². The van der Waals surface area contributed by atoms with Crippen LogP contribution in [0.5, 0.6) is 0 Å². The third-order valence-corrected chi connectivity index (χ3v) is 3.96. The Morgan fingerprint density at radius 3 is 2.11 bits per heavy atom. The molecule has 0 fully saturated rings. The van der Waals surface area contributed by atoms with Gasteiger partial charge in [-0.15, -0.1) is 0 Å². The highest BCUT2D eigenvalue weighted by Crippen LogP contribution is 2.34. The molecule has 0 aliphatic carbocycles. The maximum Gasteiger partial charge on any atom is 0.308 e. The molecular formula is C16H32O3. The summed E-state index contributed by atoms with van der Waals surface area (Å²) < 4.78 is 5.16. The van der Waals surface area contributed by atoms with Crippen LogP contribution in [0.4, 0.5) is 0 Å². The quantitative estimate of drug-likeness (QED) is 0.686. The zero-order valence-corrected chi connectivity index (χ0v) is 13.7. The van der Waals surface area contributed by atoms with E-state index in [-0.39, 0.29) is 29.8 Å². The van der Waals surface area contributed by atoms with Crippen molar-refractivity contribution in [3.05, 3.63) is 0 Å². The number of hydrogen-bond donors (Lipinski definition) is 1. The Bertz CT molecular complexity index is 269. The van der Waals surface area contributed by atoms with Crippen molar-refractivity contribution in [1.82, 2.24) is 0 Å². The van der Waals surface area contributed by atoms with E-state index in [9.17, 15) is 9.90 Å². The van der Waals surface area contributed by atoms with Crippen LogP contribution in [0, 0.1) is 23.2 Å². The Morgan fingerprint density at radius 1 is 1.21 bits per heavy atom. The van der Waals surface area contributed by atoms with E-state index in [1.54, 1.807) is 13.8 Å². The van der Waals surface area contributed by atoms with E-state index < -0.39 is 6.10 Å². The molecule has 0 amide bonds. The summed E-state index contributed by atoms with van der Waals surface area (Å²) in [6, 6.07) is 0. The topological polar surface area (TPSA) is 46.5 Å². The number of aliphatic hydroxyl groups excluding tert-OH is 1. The van der Waals surface area contributed by atoms with Crippen molar-refractivity contribution in [2.45, 2.75) is 67.4 Å². The SMILES string of the molecule is CCC(C)(C)CC(C(C)C)C(O)COC(=O)C(C)C. The molecule has 0 aliphatic heterocycles. The van der Waals surface area contributed by atoms with Crippen LogP contribution in [0.1, 0.15) is 61.3 Å². The van der Waals surface area contributed by atoms with E-state index in [4.69, 9.17) is 4.74 Å². The summed E-state index contributed by atoms with van der Waals surface area (Å²) in [5.74, 6) is 0.154. The molecule has 1 N–H and O–H groups in total. The van der Waals surface area contributed by atoms with Crippen molar-refractivity contribution in [2.24, 2.45) is 23.2 Å². The highest BCUT2D eigenvalue weighted by Gasteiger charge is 2.30. The first-order chi connectivity index (χ1) is 8.60. The first kappa shape index (κ1) is 18.4. The highest BCUT2D eigenvalue weighted by atomic mass is 16.5. The lowest BCUT2D eigenvalue weighted by molar-refractivity contribution is -0.152. The molecule has 0 aliphatic rings. The van der Waals surface area contributed by atoms with Gasteiger partial charge in [-0.05, 0) is 23.7 Å². The molecule has 0 radical (unpaired) electrons. The van der Waals surface area contributed by atoms with Gasteiger partial charge in [0.25, 0.3) is 0 Å². The van der Waals surface area contributed by atoms with Gasteiger partial charge in [0.2, 0.25) is 0 Å². The maximum atomic E-state index is 11.4. The minimum Gasteiger partial charge on any atom is -0.463 e. The number of ether oxygens (including phenoxy) is 1. The fourth-order valence-electron chi connectivity index (χ4n) is 2.06.